The monoisotopic (exact) mass is 357 g/mol. The lowest BCUT2D eigenvalue weighted by Gasteiger charge is -2.14. The van der Waals surface area contributed by atoms with E-state index in [1.807, 2.05) is 0 Å². The van der Waals surface area contributed by atoms with Crippen molar-refractivity contribution in [3.05, 3.63) is 63.6 Å². The van der Waals surface area contributed by atoms with Gasteiger partial charge in [-0.3, -0.25) is 4.79 Å². The van der Waals surface area contributed by atoms with Gasteiger partial charge in [-0.2, -0.15) is 13.2 Å². The van der Waals surface area contributed by atoms with Gasteiger partial charge in [0.1, 0.15) is 0 Å². The van der Waals surface area contributed by atoms with E-state index in [0.717, 1.165) is 11.6 Å². The van der Waals surface area contributed by atoms with Crippen molar-refractivity contribution >= 4 is 27.5 Å². The van der Waals surface area contributed by atoms with Crippen molar-refractivity contribution < 1.29 is 18.0 Å². The average Bonchev–Trinajstić information content (AvgIpc) is 2.41. The third kappa shape index (κ3) is 3.44. The summed E-state index contributed by atoms with van der Waals surface area (Å²) < 4.78 is 39.2. The summed E-state index contributed by atoms with van der Waals surface area (Å²) in [6.45, 7) is 1.80. The summed E-state index contributed by atoms with van der Waals surface area (Å²) in [5.74, 6) is -0.595. The minimum absolute atomic E-state index is 0.261. The number of halogens is 4. The molecule has 2 rings (SSSR count). The molecule has 21 heavy (non-hydrogen) atoms. The van der Waals surface area contributed by atoms with Gasteiger partial charge < -0.3 is 5.32 Å². The number of hydrogen-bond donors (Lipinski definition) is 1. The van der Waals surface area contributed by atoms with Crippen LogP contribution in [0.1, 0.15) is 21.5 Å². The van der Waals surface area contributed by atoms with E-state index in [0.29, 0.717) is 4.47 Å². The molecule has 1 N–H and O–H groups in total. The minimum atomic E-state index is -4.52. The Morgan fingerprint density at radius 1 is 1.10 bits per heavy atom. The molecule has 0 fully saturated rings. The Balaban J connectivity index is 2.35. The fourth-order valence-electron chi connectivity index (χ4n) is 1.85. The maximum Gasteiger partial charge on any atom is 0.418 e. The molecule has 2 aromatic rings. The van der Waals surface area contributed by atoms with Crippen LogP contribution in [0, 0.1) is 6.92 Å². The van der Waals surface area contributed by atoms with Crippen LogP contribution in [0.2, 0.25) is 0 Å². The molecule has 0 heterocycles. The minimum Gasteiger partial charge on any atom is -0.321 e. The van der Waals surface area contributed by atoms with Gasteiger partial charge in [-0.05, 0) is 46.6 Å². The van der Waals surface area contributed by atoms with Crippen molar-refractivity contribution in [2.24, 2.45) is 0 Å². The van der Waals surface area contributed by atoms with Gasteiger partial charge in [0.15, 0.2) is 0 Å². The van der Waals surface area contributed by atoms with E-state index in [-0.39, 0.29) is 11.3 Å². The molecule has 0 aliphatic carbocycles. The molecule has 0 spiro atoms. The highest BCUT2D eigenvalue weighted by Crippen LogP contribution is 2.35. The van der Waals surface area contributed by atoms with Crippen LogP contribution >= 0.6 is 15.9 Å². The number of anilines is 1. The lowest BCUT2D eigenvalue weighted by atomic mass is 10.1. The molecule has 0 saturated heterocycles. The zero-order chi connectivity index (χ0) is 15.6. The average molecular weight is 358 g/mol. The van der Waals surface area contributed by atoms with E-state index in [1.54, 1.807) is 25.1 Å². The third-order valence-corrected chi connectivity index (χ3v) is 3.97. The first-order valence-electron chi connectivity index (χ1n) is 6.03. The standard InChI is InChI=1S/C15H11BrF3NO/c1-9-5-4-6-10(13(9)16)14(21)20-12-8-3-2-7-11(12)15(17,18)19/h2-8H,1H3,(H,20,21). The van der Waals surface area contributed by atoms with Crippen molar-refractivity contribution in [2.45, 2.75) is 13.1 Å². The molecule has 0 radical (unpaired) electrons. The molecule has 110 valence electrons. The number of carbonyl (C=O) groups is 1. The van der Waals surface area contributed by atoms with Crippen molar-refractivity contribution in [3.63, 3.8) is 0 Å². The summed E-state index contributed by atoms with van der Waals surface area (Å²) in [6.07, 6.45) is -4.52. The number of rotatable bonds is 2. The quantitative estimate of drug-likeness (QED) is 0.802. The molecule has 0 atom stereocenters. The molecule has 2 aromatic carbocycles. The molecule has 6 heteroatoms. The second kappa shape index (κ2) is 5.89. The van der Waals surface area contributed by atoms with Crippen LogP contribution in [0.3, 0.4) is 0 Å². The van der Waals surface area contributed by atoms with Crippen LogP contribution in [-0.2, 0) is 6.18 Å². The van der Waals surface area contributed by atoms with Crippen molar-refractivity contribution in [1.82, 2.24) is 0 Å². The van der Waals surface area contributed by atoms with Crippen molar-refractivity contribution in [2.75, 3.05) is 5.32 Å². The second-order valence-electron chi connectivity index (χ2n) is 4.43. The molecule has 0 aromatic heterocycles. The summed E-state index contributed by atoms with van der Waals surface area (Å²) in [5, 5.41) is 2.31. The van der Waals surface area contributed by atoms with Gasteiger partial charge >= 0.3 is 6.18 Å². The second-order valence-corrected chi connectivity index (χ2v) is 5.23. The van der Waals surface area contributed by atoms with Gasteiger partial charge in [0.2, 0.25) is 0 Å². The molecular formula is C15H11BrF3NO. The van der Waals surface area contributed by atoms with Crippen molar-refractivity contribution in [3.8, 4) is 0 Å². The van der Waals surface area contributed by atoms with Crippen LogP contribution in [0.5, 0.6) is 0 Å². The summed E-state index contributed by atoms with van der Waals surface area (Å²) in [6, 6.07) is 9.89. The van der Waals surface area contributed by atoms with Crippen molar-refractivity contribution in [1.29, 1.82) is 0 Å². The predicted octanol–water partition coefficient (Wildman–Crippen LogP) is 5.03. The molecule has 0 bridgehead atoms. The van der Waals surface area contributed by atoms with Crippen LogP contribution < -0.4 is 5.32 Å². The fraction of sp³-hybridized carbons (Fsp3) is 0.133. The van der Waals surface area contributed by atoms with Gasteiger partial charge in [-0.15, -0.1) is 0 Å². The molecule has 2 nitrogen and oxygen atoms in total. The summed E-state index contributed by atoms with van der Waals surface area (Å²) in [4.78, 5) is 12.2. The van der Waals surface area contributed by atoms with Crippen LogP contribution in [0.25, 0.3) is 0 Å². The number of alkyl halides is 3. The zero-order valence-corrected chi connectivity index (χ0v) is 12.5. The Kier molecular flexibility index (Phi) is 4.37. The Bertz CT molecular complexity index is 683. The predicted molar refractivity (Wildman–Crippen MR) is 78.3 cm³/mol. The third-order valence-electron chi connectivity index (χ3n) is 2.92. The van der Waals surface area contributed by atoms with Gasteiger partial charge in [-0.1, -0.05) is 24.3 Å². The van der Waals surface area contributed by atoms with Gasteiger partial charge in [0.25, 0.3) is 5.91 Å². The molecule has 1 amide bonds. The highest BCUT2D eigenvalue weighted by molar-refractivity contribution is 9.10. The van der Waals surface area contributed by atoms with Crippen LogP contribution in [0.15, 0.2) is 46.9 Å². The van der Waals surface area contributed by atoms with E-state index in [9.17, 15) is 18.0 Å². The van der Waals surface area contributed by atoms with Gasteiger partial charge in [0, 0.05) is 4.47 Å². The number of carbonyl (C=O) groups excluding carboxylic acids is 1. The van der Waals surface area contributed by atoms with Gasteiger partial charge in [0.05, 0.1) is 16.8 Å². The first-order valence-corrected chi connectivity index (χ1v) is 6.82. The Labute approximate surface area is 128 Å². The van der Waals surface area contributed by atoms with E-state index in [4.69, 9.17) is 0 Å². The van der Waals surface area contributed by atoms with E-state index < -0.39 is 17.6 Å². The molecule has 0 saturated carbocycles. The number of nitrogens with one attached hydrogen (secondary N) is 1. The first-order chi connectivity index (χ1) is 9.80. The largest absolute Gasteiger partial charge is 0.418 e. The first kappa shape index (κ1) is 15.6. The number of para-hydroxylation sites is 1. The Morgan fingerprint density at radius 3 is 2.43 bits per heavy atom. The number of benzene rings is 2. The van der Waals surface area contributed by atoms with Crippen LogP contribution in [0.4, 0.5) is 18.9 Å². The lowest BCUT2D eigenvalue weighted by Crippen LogP contribution is -2.17. The highest BCUT2D eigenvalue weighted by Gasteiger charge is 2.33. The van der Waals surface area contributed by atoms with Gasteiger partial charge in [-0.25, -0.2) is 0 Å². The number of aryl methyl sites for hydroxylation is 1. The highest BCUT2D eigenvalue weighted by atomic mass is 79.9. The molecule has 0 aliphatic heterocycles. The van der Waals surface area contributed by atoms with E-state index in [1.165, 1.54) is 18.2 Å². The Morgan fingerprint density at radius 2 is 1.76 bits per heavy atom. The maximum atomic E-state index is 12.9. The maximum absolute atomic E-state index is 12.9. The zero-order valence-electron chi connectivity index (χ0n) is 11.0. The topological polar surface area (TPSA) is 29.1 Å². The smallest absolute Gasteiger partial charge is 0.321 e. The van der Waals surface area contributed by atoms with E-state index in [2.05, 4.69) is 21.2 Å². The molecular weight excluding hydrogens is 347 g/mol. The summed E-state index contributed by atoms with van der Waals surface area (Å²) >= 11 is 3.27. The normalized spacial score (nSPS) is 11.3. The van der Waals surface area contributed by atoms with Crippen LogP contribution in [-0.4, -0.2) is 5.91 Å². The molecule has 0 unspecified atom stereocenters. The SMILES string of the molecule is Cc1cccc(C(=O)Nc2ccccc2C(F)(F)F)c1Br. The summed E-state index contributed by atoms with van der Waals surface area (Å²) in [7, 11) is 0. The van der Waals surface area contributed by atoms with E-state index >= 15 is 0 Å². The summed E-state index contributed by atoms with van der Waals surface area (Å²) in [5.41, 5.74) is -0.0238. The lowest BCUT2D eigenvalue weighted by molar-refractivity contribution is -0.136. The fourth-order valence-corrected chi connectivity index (χ4v) is 2.30. The number of hydrogen-bond acceptors (Lipinski definition) is 1. The Hall–Kier alpha value is -1.82. The number of amides is 1. The molecule has 0 aliphatic rings.